The predicted octanol–water partition coefficient (Wildman–Crippen LogP) is 4.39. The summed E-state index contributed by atoms with van der Waals surface area (Å²) in [4.78, 5) is 15.9. The van der Waals surface area contributed by atoms with Crippen LogP contribution in [0.1, 0.15) is 63.6 Å². The van der Waals surface area contributed by atoms with E-state index in [9.17, 15) is 14.5 Å². The molecule has 4 rings (SSSR count). The van der Waals surface area contributed by atoms with E-state index in [2.05, 4.69) is 31.7 Å². The van der Waals surface area contributed by atoms with E-state index in [4.69, 9.17) is 0 Å². The van der Waals surface area contributed by atoms with Crippen molar-refractivity contribution in [1.82, 2.24) is 19.6 Å². The Balaban J connectivity index is 1.36. The van der Waals surface area contributed by atoms with Gasteiger partial charge in [0.25, 0.3) is 0 Å². The van der Waals surface area contributed by atoms with Crippen molar-refractivity contribution in [1.29, 1.82) is 0 Å². The van der Waals surface area contributed by atoms with Crippen LogP contribution in [0.2, 0.25) is 0 Å². The number of carbonyl (C=O) groups is 1. The lowest BCUT2D eigenvalue weighted by molar-refractivity contribution is -0.109. The Labute approximate surface area is 223 Å². The minimum atomic E-state index is -1.24. The van der Waals surface area contributed by atoms with E-state index in [0.717, 1.165) is 36.3 Å². The van der Waals surface area contributed by atoms with Gasteiger partial charge in [-0.05, 0) is 82.1 Å². The second-order valence-electron chi connectivity index (χ2n) is 10.9. The molecule has 2 aromatic carbocycles. The standard InChI is InChI=1S/C29H38N4O3S/c1-29(2,3)32-37(36)23-13-11-21(12-14-23)7-6-8-22(15-16-30-20-34)28(35)17-26-24-9-4-5-10-25(24)27-18-31-19-33(26)27/h4-5,9-14,18-20,22,26,28,32,35H,6-8,15-17H2,1-3H3,(H,30,34). The van der Waals surface area contributed by atoms with Gasteiger partial charge in [-0.1, -0.05) is 36.4 Å². The number of rotatable bonds is 13. The molecule has 1 aliphatic heterocycles. The number of aryl methyl sites for hydroxylation is 1. The van der Waals surface area contributed by atoms with Crippen molar-refractivity contribution in [3.05, 3.63) is 72.2 Å². The molecular formula is C29H38N4O3S. The van der Waals surface area contributed by atoms with Crippen LogP contribution in [0.4, 0.5) is 0 Å². The van der Waals surface area contributed by atoms with Crippen LogP contribution in [0.3, 0.4) is 0 Å². The number of aliphatic hydroxyl groups is 1. The molecule has 198 valence electrons. The van der Waals surface area contributed by atoms with Crippen LogP contribution in [-0.4, -0.2) is 43.8 Å². The predicted molar refractivity (Wildman–Crippen MR) is 147 cm³/mol. The largest absolute Gasteiger partial charge is 0.593 e. The maximum absolute atomic E-state index is 12.5. The molecule has 4 unspecified atom stereocenters. The van der Waals surface area contributed by atoms with Gasteiger partial charge in [-0.3, -0.25) is 4.79 Å². The van der Waals surface area contributed by atoms with Crippen molar-refractivity contribution in [3.63, 3.8) is 0 Å². The molecule has 4 atom stereocenters. The lowest BCUT2D eigenvalue weighted by Gasteiger charge is -2.26. The number of carbonyl (C=O) groups excluding carboxylic acids is 1. The average Bonchev–Trinajstić information content (AvgIpc) is 3.45. The van der Waals surface area contributed by atoms with Crippen molar-refractivity contribution >= 4 is 17.8 Å². The Hall–Kier alpha value is -2.65. The molecule has 3 N–H and O–H groups in total. The van der Waals surface area contributed by atoms with E-state index < -0.39 is 17.5 Å². The molecule has 1 aliphatic rings. The maximum atomic E-state index is 12.5. The molecule has 1 aromatic heterocycles. The van der Waals surface area contributed by atoms with Crippen LogP contribution in [0, 0.1) is 5.92 Å². The zero-order chi connectivity index (χ0) is 26.4. The van der Waals surface area contributed by atoms with Gasteiger partial charge in [0.1, 0.15) is 0 Å². The van der Waals surface area contributed by atoms with Gasteiger partial charge in [0.2, 0.25) is 6.41 Å². The first kappa shape index (κ1) is 27.4. The quantitative estimate of drug-likeness (QED) is 0.176. The van der Waals surface area contributed by atoms with Gasteiger partial charge in [0.15, 0.2) is 4.90 Å². The fraction of sp³-hybridized carbons (Fsp3) is 0.448. The van der Waals surface area contributed by atoms with Gasteiger partial charge in [0.05, 0.1) is 47.3 Å². The van der Waals surface area contributed by atoms with Crippen molar-refractivity contribution in [2.45, 2.75) is 75.5 Å². The molecular weight excluding hydrogens is 484 g/mol. The number of hydrogen-bond donors (Lipinski definition) is 3. The van der Waals surface area contributed by atoms with Gasteiger partial charge in [-0.25, -0.2) is 4.98 Å². The number of fused-ring (bicyclic) bond motifs is 3. The second kappa shape index (κ2) is 12.3. The van der Waals surface area contributed by atoms with Crippen LogP contribution >= 0.6 is 0 Å². The zero-order valence-corrected chi connectivity index (χ0v) is 22.7. The summed E-state index contributed by atoms with van der Waals surface area (Å²) in [5.41, 5.74) is 4.45. The fourth-order valence-electron chi connectivity index (χ4n) is 5.14. The third kappa shape index (κ3) is 7.02. The van der Waals surface area contributed by atoms with Gasteiger partial charge >= 0.3 is 0 Å². The second-order valence-corrected chi connectivity index (χ2v) is 12.1. The number of aliphatic hydroxyl groups excluding tert-OH is 1. The minimum absolute atomic E-state index is 0.0559. The van der Waals surface area contributed by atoms with Crippen LogP contribution in [-0.2, 0) is 22.6 Å². The number of hydrogen-bond acceptors (Lipinski definition) is 5. The number of aromatic nitrogens is 2. The topological polar surface area (TPSA) is 102 Å². The van der Waals surface area contributed by atoms with E-state index in [1.807, 2.05) is 69.7 Å². The molecule has 0 radical (unpaired) electrons. The third-order valence-electron chi connectivity index (χ3n) is 6.93. The monoisotopic (exact) mass is 522 g/mol. The minimum Gasteiger partial charge on any atom is -0.593 e. The van der Waals surface area contributed by atoms with E-state index in [0.29, 0.717) is 19.4 Å². The summed E-state index contributed by atoms with van der Waals surface area (Å²) in [6.07, 6.45) is 7.92. The highest BCUT2D eigenvalue weighted by molar-refractivity contribution is 7.89. The summed E-state index contributed by atoms with van der Waals surface area (Å²) in [6.45, 7) is 6.53. The maximum Gasteiger partial charge on any atom is 0.207 e. The van der Waals surface area contributed by atoms with Crippen molar-refractivity contribution in [2.75, 3.05) is 6.54 Å². The Morgan fingerprint density at radius 1 is 1.16 bits per heavy atom. The molecule has 0 saturated heterocycles. The first-order valence-electron chi connectivity index (χ1n) is 13.0. The molecule has 2 heterocycles. The lowest BCUT2D eigenvalue weighted by atomic mass is 9.87. The summed E-state index contributed by atoms with van der Waals surface area (Å²) in [6, 6.07) is 16.3. The smallest absolute Gasteiger partial charge is 0.207 e. The van der Waals surface area contributed by atoms with Gasteiger partial charge in [-0.2, -0.15) is 0 Å². The molecule has 0 fully saturated rings. The van der Waals surface area contributed by atoms with Gasteiger partial charge < -0.3 is 19.5 Å². The molecule has 37 heavy (non-hydrogen) atoms. The fourth-order valence-corrected chi connectivity index (χ4v) is 6.19. The lowest BCUT2D eigenvalue weighted by Crippen LogP contribution is -2.40. The number of imidazole rings is 1. The van der Waals surface area contributed by atoms with E-state index in [1.165, 1.54) is 16.7 Å². The van der Waals surface area contributed by atoms with Crippen LogP contribution in [0.15, 0.2) is 66.0 Å². The summed E-state index contributed by atoms with van der Waals surface area (Å²) in [5.74, 6) is 0.0648. The highest BCUT2D eigenvalue weighted by Crippen LogP contribution is 2.42. The van der Waals surface area contributed by atoms with Crippen LogP contribution < -0.4 is 10.0 Å². The van der Waals surface area contributed by atoms with Crippen LogP contribution in [0.25, 0.3) is 11.3 Å². The molecule has 0 aliphatic carbocycles. The van der Waals surface area contributed by atoms with Gasteiger partial charge in [0, 0.05) is 12.1 Å². The molecule has 3 aromatic rings. The molecule has 7 nitrogen and oxygen atoms in total. The zero-order valence-electron chi connectivity index (χ0n) is 21.9. The van der Waals surface area contributed by atoms with Gasteiger partial charge in [-0.15, -0.1) is 4.72 Å². The molecule has 8 heteroatoms. The Kier molecular flexibility index (Phi) is 9.08. The number of amides is 1. The van der Waals surface area contributed by atoms with E-state index >= 15 is 0 Å². The third-order valence-corrected chi connectivity index (χ3v) is 8.42. The highest BCUT2D eigenvalue weighted by atomic mass is 32.2. The molecule has 1 amide bonds. The summed E-state index contributed by atoms with van der Waals surface area (Å²) in [7, 11) is 0. The SMILES string of the molecule is CC(C)(C)N[S+]([O-])c1ccc(CCCC(CCNC=O)C(O)CC2c3ccccc3-c3cncn32)cc1. The van der Waals surface area contributed by atoms with Crippen molar-refractivity contribution in [2.24, 2.45) is 5.92 Å². The van der Waals surface area contributed by atoms with Crippen molar-refractivity contribution in [3.8, 4) is 11.3 Å². The number of nitrogens with one attached hydrogen (secondary N) is 2. The summed E-state index contributed by atoms with van der Waals surface area (Å²) >= 11 is -1.24. The average molecular weight is 523 g/mol. The Bertz CT molecular complexity index is 1160. The highest BCUT2D eigenvalue weighted by Gasteiger charge is 2.32. The Morgan fingerprint density at radius 3 is 2.65 bits per heavy atom. The summed E-state index contributed by atoms with van der Waals surface area (Å²) in [5, 5.41) is 14.1. The first-order chi connectivity index (χ1) is 17.8. The van der Waals surface area contributed by atoms with Crippen LogP contribution in [0.5, 0.6) is 0 Å². The summed E-state index contributed by atoms with van der Waals surface area (Å²) < 4.78 is 17.7. The number of benzene rings is 2. The normalized spacial score (nSPS) is 17.1. The first-order valence-corrected chi connectivity index (χ1v) is 14.2. The van der Waals surface area contributed by atoms with E-state index in [1.54, 1.807) is 0 Å². The number of nitrogens with zero attached hydrogens (tertiary/aromatic N) is 2. The van der Waals surface area contributed by atoms with Crippen molar-refractivity contribution < 1.29 is 14.5 Å². The van der Waals surface area contributed by atoms with E-state index in [-0.39, 0.29) is 17.5 Å². The molecule has 0 bridgehead atoms. The Morgan fingerprint density at radius 2 is 1.92 bits per heavy atom. The molecule has 0 saturated carbocycles. The molecule has 0 spiro atoms.